The van der Waals surface area contributed by atoms with E-state index < -0.39 is 6.04 Å². The van der Waals surface area contributed by atoms with Crippen molar-refractivity contribution >= 4 is 35.1 Å². The van der Waals surface area contributed by atoms with Crippen molar-refractivity contribution in [1.82, 2.24) is 15.1 Å². The summed E-state index contributed by atoms with van der Waals surface area (Å²) in [6.45, 7) is 5.20. The molecule has 0 fully saturated rings. The molecule has 0 aliphatic carbocycles. The second kappa shape index (κ2) is 6.30. The lowest BCUT2D eigenvalue weighted by Crippen LogP contribution is -2.45. The first-order valence-corrected chi connectivity index (χ1v) is 8.57. The van der Waals surface area contributed by atoms with Crippen LogP contribution >= 0.6 is 23.2 Å². The maximum atomic E-state index is 12.9. The molecular weight excluding hydrogens is 349 g/mol. The lowest BCUT2D eigenvalue weighted by atomic mass is 9.95. The maximum Gasteiger partial charge on any atom is 0.322 e. The second-order valence-corrected chi connectivity index (χ2v) is 7.31. The summed E-state index contributed by atoms with van der Waals surface area (Å²) in [5.74, 6) is 0.282. The Bertz CT molecular complexity index is 745. The molecule has 2 heterocycles. The summed E-state index contributed by atoms with van der Waals surface area (Å²) >= 11 is 12.4. The van der Waals surface area contributed by atoms with Crippen LogP contribution in [0.3, 0.4) is 0 Å². The molecule has 5 nitrogen and oxygen atoms in total. The van der Waals surface area contributed by atoms with Crippen LogP contribution in [0.2, 0.25) is 10.0 Å². The molecule has 0 radical (unpaired) electrons. The van der Waals surface area contributed by atoms with Gasteiger partial charge in [0.1, 0.15) is 0 Å². The Morgan fingerprint density at radius 3 is 2.67 bits per heavy atom. The molecule has 7 heteroatoms. The average Bonchev–Trinajstić information content (AvgIpc) is 2.83. The first kappa shape index (κ1) is 17.1. The molecule has 2 aliphatic rings. The summed E-state index contributed by atoms with van der Waals surface area (Å²) in [4.78, 5) is 28.5. The Hall–Kier alpha value is -1.72. The van der Waals surface area contributed by atoms with Crippen molar-refractivity contribution in [3.05, 3.63) is 45.1 Å². The van der Waals surface area contributed by atoms with Crippen LogP contribution in [-0.2, 0) is 4.79 Å². The van der Waals surface area contributed by atoms with Crippen LogP contribution in [0.5, 0.6) is 0 Å². The Morgan fingerprint density at radius 2 is 2.00 bits per heavy atom. The number of hydrogen-bond donors (Lipinski definition) is 1. The van der Waals surface area contributed by atoms with Gasteiger partial charge in [0.25, 0.3) is 5.91 Å². The Morgan fingerprint density at radius 1 is 1.29 bits per heavy atom. The quantitative estimate of drug-likeness (QED) is 0.889. The largest absolute Gasteiger partial charge is 0.333 e. The summed E-state index contributed by atoms with van der Waals surface area (Å²) in [6.07, 6.45) is 0. The summed E-state index contributed by atoms with van der Waals surface area (Å²) in [6, 6.07) is 4.39. The number of urea groups is 1. The number of nitrogens with one attached hydrogen (secondary N) is 1. The number of carbonyl (C=O) groups excluding carboxylic acids is 2. The summed E-state index contributed by atoms with van der Waals surface area (Å²) in [7, 11) is 1.67. The number of rotatable bonds is 3. The number of likely N-dealkylation sites (N-methyl/N-ethyl adjacent to an activating group) is 1. The van der Waals surface area contributed by atoms with Crippen LogP contribution < -0.4 is 5.32 Å². The molecule has 3 rings (SSSR count). The van der Waals surface area contributed by atoms with Crippen molar-refractivity contribution in [2.75, 3.05) is 20.1 Å². The van der Waals surface area contributed by atoms with Crippen LogP contribution in [0.1, 0.15) is 25.5 Å². The molecule has 1 aromatic rings. The monoisotopic (exact) mass is 367 g/mol. The van der Waals surface area contributed by atoms with Crippen molar-refractivity contribution in [3.8, 4) is 0 Å². The fourth-order valence-electron chi connectivity index (χ4n) is 3.19. The zero-order valence-electron chi connectivity index (χ0n) is 13.8. The van der Waals surface area contributed by atoms with Gasteiger partial charge in [-0.25, -0.2) is 4.79 Å². The topological polar surface area (TPSA) is 52.7 Å². The highest BCUT2D eigenvalue weighted by Gasteiger charge is 2.43. The van der Waals surface area contributed by atoms with Gasteiger partial charge in [-0.1, -0.05) is 49.2 Å². The predicted octanol–water partition coefficient (Wildman–Crippen LogP) is 3.44. The van der Waals surface area contributed by atoms with Gasteiger partial charge in [0.2, 0.25) is 0 Å². The Labute approximate surface area is 151 Å². The highest BCUT2D eigenvalue weighted by atomic mass is 35.5. The van der Waals surface area contributed by atoms with E-state index >= 15 is 0 Å². The summed E-state index contributed by atoms with van der Waals surface area (Å²) in [5.41, 5.74) is 1.94. The molecular formula is C17H19Cl2N3O2. The van der Waals surface area contributed by atoms with E-state index in [4.69, 9.17) is 23.2 Å². The van der Waals surface area contributed by atoms with Crippen LogP contribution in [0, 0.1) is 5.92 Å². The number of amides is 3. The smallest absolute Gasteiger partial charge is 0.322 e. The average molecular weight is 368 g/mol. The number of benzene rings is 1. The molecule has 128 valence electrons. The molecule has 0 saturated heterocycles. The van der Waals surface area contributed by atoms with Gasteiger partial charge in [0.05, 0.1) is 33.9 Å². The molecule has 2 aliphatic heterocycles. The van der Waals surface area contributed by atoms with E-state index in [0.717, 1.165) is 5.70 Å². The zero-order chi connectivity index (χ0) is 17.6. The minimum atomic E-state index is -0.584. The third-order valence-corrected chi connectivity index (χ3v) is 5.15. The fourth-order valence-corrected chi connectivity index (χ4v) is 3.61. The normalized spacial score (nSPS) is 20.8. The molecule has 0 unspecified atom stereocenters. The number of nitrogens with zero attached hydrogens (tertiary/aromatic N) is 2. The molecule has 0 spiro atoms. The maximum absolute atomic E-state index is 12.9. The van der Waals surface area contributed by atoms with Crippen LogP contribution in [0.25, 0.3) is 0 Å². The van der Waals surface area contributed by atoms with Gasteiger partial charge in [-0.15, -0.1) is 0 Å². The molecule has 1 atom stereocenters. The third kappa shape index (κ3) is 2.76. The van der Waals surface area contributed by atoms with E-state index in [-0.39, 0.29) is 11.9 Å². The van der Waals surface area contributed by atoms with E-state index in [1.165, 1.54) is 4.90 Å². The first-order chi connectivity index (χ1) is 11.3. The Balaban J connectivity index is 2.06. The molecule has 24 heavy (non-hydrogen) atoms. The Kier molecular flexibility index (Phi) is 4.49. The molecule has 0 saturated carbocycles. The van der Waals surface area contributed by atoms with Crippen molar-refractivity contribution in [2.45, 2.75) is 19.9 Å². The number of hydrogen-bond acceptors (Lipinski definition) is 2. The minimum absolute atomic E-state index is 0.0633. The van der Waals surface area contributed by atoms with Crippen LogP contribution in [0.4, 0.5) is 4.79 Å². The van der Waals surface area contributed by atoms with Gasteiger partial charge >= 0.3 is 6.03 Å². The van der Waals surface area contributed by atoms with E-state index in [0.29, 0.717) is 40.2 Å². The lowest BCUT2D eigenvalue weighted by molar-refractivity contribution is -0.126. The van der Waals surface area contributed by atoms with Crippen molar-refractivity contribution < 1.29 is 9.59 Å². The van der Waals surface area contributed by atoms with Crippen LogP contribution in [0.15, 0.2) is 29.5 Å². The fraction of sp³-hybridized carbons (Fsp3) is 0.412. The summed E-state index contributed by atoms with van der Waals surface area (Å²) in [5, 5.41) is 3.62. The zero-order valence-corrected chi connectivity index (χ0v) is 15.3. The van der Waals surface area contributed by atoms with Crippen molar-refractivity contribution in [2.24, 2.45) is 5.92 Å². The molecule has 3 amide bonds. The molecule has 0 bridgehead atoms. The van der Waals surface area contributed by atoms with Crippen LogP contribution in [-0.4, -0.2) is 41.9 Å². The van der Waals surface area contributed by atoms with E-state index in [1.807, 2.05) is 0 Å². The SMILES string of the molecule is CC(C)CN1CC2=C(C1=O)[C@@H](c1cccc(Cl)c1Cl)NC(=O)N2C. The highest BCUT2D eigenvalue weighted by Crippen LogP contribution is 2.39. The van der Waals surface area contributed by atoms with Gasteiger partial charge in [-0.2, -0.15) is 0 Å². The molecule has 1 N–H and O–H groups in total. The molecule has 0 aromatic heterocycles. The third-order valence-electron chi connectivity index (χ3n) is 4.31. The van der Waals surface area contributed by atoms with Gasteiger partial charge in [0, 0.05) is 13.6 Å². The van der Waals surface area contributed by atoms with Crippen molar-refractivity contribution in [3.63, 3.8) is 0 Å². The van der Waals surface area contributed by atoms with Gasteiger partial charge in [-0.05, 0) is 17.5 Å². The number of halogens is 2. The van der Waals surface area contributed by atoms with E-state index in [9.17, 15) is 9.59 Å². The molecule has 1 aromatic carbocycles. The number of carbonyl (C=O) groups is 2. The lowest BCUT2D eigenvalue weighted by Gasteiger charge is -2.31. The van der Waals surface area contributed by atoms with Crippen molar-refractivity contribution in [1.29, 1.82) is 0 Å². The van der Waals surface area contributed by atoms with Gasteiger partial charge in [0.15, 0.2) is 0 Å². The minimum Gasteiger partial charge on any atom is -0.333 e. The second-order valence-electron chi connectivity index (χ2n) is 6.52. The van der Waals surface area contributed by atoms with Gasteiger partial charge in [-0.3, -0.25) is 9.69 Å². The van der Waals surface area contributed by atoms with E-state index in [2.05, 4.69) is 19.2 Å². The summed E-state index contributed by atoms with van der Waals surface area (Å²) < 4.78 is 0. The van der Waals surface area contributed by atoms with Gasteiger partial charge < -0.3 is 10.2 Å². The predicted molar refractivity (Wildman–Crippen MR) is 93.9 cm³/mol. The standard InChI is InChI=1S/C17H19Cl2N3O2/c1-9(2)7-22-8-12-13(16(22)23)15(20-17(24)21(12)3)10-5-4-6-11(18)14(10)19/h4-6,9,15H,7-8H2,1-3H3,(H,20,24)/t15-/m1/s1. The van der Waals surface area contributed by atoms with E-state index in [1.54, 1.807) is 30.1 Å². The highest BCUT2D eigenvalue weighted by molar-refractivity contribution is 6.42. The first-order valence-electron chi connectivity index (χ1n) is 7.81.